The molecule has 0 aromatic heterocycles. The van der Waals surface area contributed by atoms with E-state index in [2.05, 4.69) is 33.2 Å². The third kappa shape index (κ3) is 4.12. The maximum atomic E-state index is 5.90. The molecule has 0 bridgehead atoms. The highest BCUT2D eigenvalue weighted by atomic mass is 127. The van der Waals surface area contributed by atoms with Crippen LogP contribution in [0.2, 0.25) is 5.02 Å². The number of benzene rings is 2. The van der Waals surface area contributed by atoms with Crippen molar-refractivity contribution in [2.45, 2.75) is 0 Å². The summed E-state index contributed by atoms with van der Waals surface area (Å²) >= 11 is 13.4. The second kappa shape index (κ2) is 6.36. The molecule has 2 aromatic carbocycles. The standard InChI is InChI=1S/C13H10ClIN2S/c14-9-2-1-3-12(8-9)17-13(18)16-11-6-4-10(15)5-7-11/h1-8H,(H2,16,17,18). The first kappa shape index (κ1) is 13.6. The molecule has 0 saturated heterocycles. The van der Waals surface area contributed by atoms with Gasteiger partial charge >= 0.3 is 0 Å². The van der Waals surface area contributed by atoms with Crippen molar-refractivity contribution < 1.29 is 0 Å². The first-order valence-electron chi connectivity index (χ1n) is 5.22. The van der Waals surface area contributed by atoms with Gasteiger partial charge < -0.3 is 10.6 Å². The first-order chi connectivity index (χ1) is 8.63. The summed E-state index contributed by atoms with van der Waals surface area (Å²) < 4.78 is 1.19. The Morgan fingerprint density at radius 1 is 1.00 bits per heavy atom. The van der Waals surface area contributed by atoms with Crippen LogP contribution < -0.4 is 10.6 Å². The van der Waals surface area contributed by atoms with E-state index in [-0.39, 0.29) is 0 Å². The Labute approximate surface area is 130 Å². The molecule has 0 aliphatic carbocycles. The van der Waals surface area contributed by atoms with E-state index in [1.807, 2.05) is 48.5 Å². The average molecular weight is 389 g/mol. The minimum absolute atomic E-state index is 0.540. The summed E-state index contributed by atoms with van der Waals surface area (Å²) in [5.41, 5.74) is 1.82. The van der Waals surface area contributed by atoms with Gasteiger partial charge in [-0.2, -0.15) is 0 Å². The van der Waals surface area contributed by atoms with Crippen LogP contribution in [-0.2, 0) is 0 Å². The topological polar surface area (TPSA) is 24.1 Å². The predicted octanol–water partition coefficient (Wildman–Crippen LogP) is 4.75. The van der Waals surface area contributed by atoms with Crippen LogP contribution in [0.15, 0.2) is 48.5 Å². The van der Waals surface area contributed by atoms with Crippen molar-refractivity contribution in [1.29, 1.82) is 0 Å². The summed E-state index contributed by atoms with van der Waals surface area (Å²) in [6, 6.07) is 15.4. The Kier molecular flexibility index (Phi) is 4.79. The molecule has 0 fully saturated rings. The van der Waals surface area contributed by atoms with Crippen LogP contribution in [0.1, 0.15) is 0 Å². The molecule has 2 nitrogen and oxygen atoms in total. The van der Waals surface area contributed by atoms with E-state index < -0.39 is 0 Å². The van der Waals surface area contributed by atoms with Crippen molar-refractivity contribution in [3.63, 3.8) is 0 Å². The number of halogens is 2. The van der Waals surface area contributed by atoms with E-state index in [9.17, 15) is 0 Å². The molecule has 0 unspecified atom stereocenters. The monoisotopic (exact) mass is 388 g/mol. The van der Waals surface area contributed by atoms with E-state index >= 15 is 0 Å². The maximum Gasteiger partial charge on any atom is 0.175 e. The molecule has 2 rings (SSSR count). The largest absolute Gasteiger partial charge is 0.332 e. The van der Waals surface area contributed by atoms with Gasteiger partial charge in [-0.1, -0.05) is 17.7 Å². The van der Waals surface area contributed by atoms with Crippen LogP contribution in [0, 0.1) is 3.57 Å². The Hall–Kier alpha value is -0.850. The van der Waals surface area contributed by atoms with Crippen molar-refractivity contribution in [3.8, 4) is 0 Å². The summed E-state index contributed by atoms with van der Waals surface area (Å²) in [6.07, 6.45) is 0. The Morgan fingerprint density at radius 2 is 1.67 bits per heavy atom. The maximum absolute atomic E-state index is 5.90. The van der Waals surface area contributed by atoms with Crippen molar-refractivity contribution in [2.24, 2.45) is 0 Å². The fraction of sp³-hybridized carbons (Fsp3) is 0. The second-order valence-corrected chi connectivity index (χ2v) is 5.69. The lowest BCUT2D eigenvalue weighted by Crippen LogP contribution is -2.18. The molecule has 0 aliphatic rings. The Morgan fingerprint density at radius 3 is 2.33 bits per heavy atom. The van der Waals surface area contributed by atoms with Gasteiger partial charge in [0.1, 0.15) is 0 Å². The van der Waals surface area contributed by atoms with Crippen LogP contribution in [0.4, 0.5) is 11.4 Å². The SMILES string of the molecule is S=C(Nc1ccc(I)cc1)Nc1cccc(Cl)c1. The zero-order valence-electron chi connectivity index (χ0n) is 9.28. The minimum atomic E-state index is 0.540. The number of nitrogens with one attached hydrogen (secondary N) is 2. The number of hydrogen-bond donors (Lipinski definition) is 2. The molecule has 0 atom stereocenters. The highest BCUT2D eigenvalue weighted by Crippen LogP contribution is 2.16. The van der Waals surface area contributed by atoms with E-state index in [1.165, 1.54) is 3.57 Å². The molecule has 2 aromatic rings. The number of rotatable bonds is 2. The summed E-state index contributed by atoms with van der Waals surface area (Å²) in [5, 5.41) is 7.41. The highest BCUT2D eigenvalue weighted by Gasteiger charge is 1.99. The summed E-state index contributed by atoms with van der Waals surface area (Å²) in [5.74, 6) is 0. The smallest absolute Gasteiger partial charge is 0.175 e. The third-order valence-electron chi connectivity index (χ3n) is 2.18. The lowest BCUT2D eigenvalue weighted by Gasteiger charge is -2.10. The van der Waals surface area contributed by atoms with Gasteiger partial charge in [-0.25, -0.2) is 0 Å². The highest BCUT2D eigenvalue weighted by molar-refractivity contribution is 14.1. The van der Waals surface area contributed by atoms with Gasteiger partial charge in [0.2, 0.25) is 0 Å². The van der Waals surface area contributed by atoms with E-state index in [0.29, 0.717) is 10.1 Å². The Bertz CT molecular complexity index is 557. The van der Waals surface area contributed by atoms with Gasteiger partial charge in [-0.05, 0) is 77.3 Å². The lowest BCUT2D eigenvalue weighted by atomic mass is 10.3. The molecule has 18 heavy (non-hydrogen) atoms. The fourth-order valence-electron chi connectivity index (χ4n) is 1.39. The molecule has 0 aliphatic heterocycles. The predicted molar refractivity (Wildman–Crippen MR) is 90.5 cm³/mol. The molecule has 2 N–H and O–H groups in total. The van der Waals surface area contributed by atoms with Crippen molar-refractivity contribution in [3.05, 3.63) is 57.1 Å². The molecule has 5 heteroatoms. The van der Waals surface area contributed by atoms with Gasteiger partial charge in [0.25, 0.3) is 0 Å². The lowest BCUT2D eigenvalue weighted by molar-refractivity contribution is 1.58. The molecular weight excluding hydrogens is 379 g/mol. The molecule has 0 radical (unpaired) electrons. The normalized spacial score (nSPS) is 9.89. The molecule has 0 spiro atoms. The van der Waals surface area contributed by atoms with Crippen molar-refractivity contribution in [2.75, 3.05) is 10.6 Å². The van der Waals surface area contributed by atoms with Crippen LogP contribution in [-0.4, -0.2) is 5.11 Å². The summed E-state index contributed by atoms with van der Waals surface area (Å²) in [4.78, 5) is 0. The number of thiocarbonyl (C=S) groups is 1. The van der Waals surface area contributed by atoms with Crippen LogP contribution >= 0.6 is 46.4 Å². The molecule has 0 heterocycles. The number of hydrogen-bond acceptors (Lipinski definition) is 1. The quantitative estimate of drug-likeness (QED) is 0.573. The van der Waals surface area contributed by atoms with Crippen LogP contribution in [0.25, 0.3) is 0 Å². The van der Waals surface area contributed by atoms with Crippen LogP contribution in [0.5, 0.6) is 0 Å². The van der Waals surface area contributed by atoms with Gasteiger partial charge in [-0.3, -0.25) is 0 Å². The fourth-order valence-corrected chi connectivity index (χ4v) is 2.18. The van der Waals surface area contributed by atoms with Gasteiger partial charge in [0, 0.05) is 20.0 Å². The van der Waals surface area contributed by atoms with Crippen molar-refractivity contribution >= 4 is 62.9 Å². The molecule has 92 valence electrons. The first-order valence-corrected chi connectivity index (χ1v) is 7.09. The zero-order valence-corrected chi connectivity index (χ0v) is 13.0. The minimum Gasteiger partial charge on any atom is -0.332 e. The van der Waals surface area contributed by atoms with Gasteiger partial charge in [0.05, 0.1) is 0 Å². The zero-order chi connectivity index (χ0) is 13.0. The van der Waals surface area contributed by atoms with E-state index in [0.717, 1.165) is 11.4 Å². The summed E-state index contributed by atoms with van der Waals surface area (Å²) in [6.45, 7) is 0. The Balaban J connectivity index is 1.98. The third-order valence-corrected chi connectivity index (χ3v) is 3.34. The van der Waals surface area contributed by atoms with E-state index in [1.54, 1.807) is 0 Å². The van der Waals surface area contributed by atoms with Gasteiger partial charge in [-0.15, -0.1) is 0 Å². The van der Waals surface area contributed by atoms with Crippen LogP contribution in [0.3, 0.4) is 0 Å². The molecule has 0 saturated carbocycles. The van der Waals surface area contributed by atoms with E-state index in [4.69, 9.17) is 23.8 Å². The molecule has 0 amide bonds. The van der Waals surface area contributed by atoms with Gasteiger partial charge in [0.15, 0.2) is 5.11 Å². The number of anilines is 2. The van der Waals surface area contributed by atoms with Crippen molar-refractivity contribution in [1.82, 2.24) is 0 Å². The summed E-state index contributed by atoms with van der Waals surface area (Å²) in [7, 11) is 0. The second-order valence-electron chi connectivity index (χ2n) is 3.60. The average Bonchev–Trinajstić information content (AvgIpc) is 2.32. The molecular formula is C13H10ClIN2S.